The molecule has 0 unspecified atom stereocenters. The number of rotatable bonds is 3. The number of hydrogen-bond donors (Lipinski definition) is 2. The zero-order valence-corrected chi connectivity index (χ0v) is 11.3. The first-order chi connectivity index (χ1) is 10.2. The van der Waals surface area contributed by atoms with Crippen LogP contribution in [0.2, 0.25) is 0 Å². The molecule has 0 saturated heterocycles. The quantitative estimate of drug-likeness (QED) is 0.774. The molecule has 104 valence electrons. The summed E-state index contributed by atoms with van der Waals surface area (Å²) in [4.78, 5) is 15.8. The van der Waals surface area contributed by atoms with Gasteiger partial charge in [0.1, 0.15) is 5.75 Å². The lowest BCUT2D eigenvalue weighted by Gasteiger charge is -2.08. The van der Waals surface area contributed by atoms with Crippen LogP contribution < -0.4 is 5.32 Å². The summed E-state index contributed by atoms with van der Waals surface area (Å²) >= 11 is 0. The number of hydrogen-bond acceptors (Lipinski definition) is 3. The number of nitrogens with one attached hydrogen (secondary N) is 1. The summed E-state index contributed by atoms with van der Waals surface area (Å²) < 4.78 is 0. The zero-order chi connectivity index (χ0) is 14.7. The second-order valence-corrected chi connectivity index (χ2v) is 4.75. The van der Waals surface area contributed by atoms with E-state index in [4.69, 9.17) is 0 Å². The van der Waals surface area contributed by atoms with Crippen LogP contribution in [-0.4, -0.2) is 16.0 Å². The van der Waals surface area contributed by atoms with Crippen molar-refractivity contribution < 1.29 is 9.90 Å². The van der Waals surface area contributed by atoms with Crippen molar-refractivity contribution in [3.8, 4) is 5.75 Å². The summed E-state index contributed by atoms with van der Waals surface area (Å²) in [7, 11) is 0. The average Bonchev–Trinajstić information content (AvgIpc) is 2.52. The zero-order valence-electron chi connectivity index (χ0n) is 11.3. The summed E-state index contributed by atoms with van der Waals surface area (Å²) in [6.07, 6.45) is 2.72. The van der Waals surface area contributed by atoms with Crippen LogP contribution in [-0.2, 0) is 6.54 Å². The van der Waals surface area contributed by atoms with Gasteiger partial charge in [-0.1, -0.05) is 42.5 Å². The number of nitrogens with zero attached hydrogens (tertiary/aromatic N) is 1. The maximum atomic E-state index is 12.0. The summed E-state index contributed by atoms with van der Waals surface area (Å²) in [6.45, 7) is 0.426. The SMILES string of the molecule is O=C(NCc1cccc2ccccc12)c1cncc(O)c1. The number of carbonyl (C=O) groups is 1. The average molecular weight is 278 g/mol. The van der Waals surface area contributed by atoms with Crippen LogP contribution >= 0.6 is 0 Å². The molecule has 21 heavy (non-hydrogen) atoms. The second kappa shape index (κ2) is 5.63. The summed E-state index contributed by atoms with van der Waals surface area (Å²) in [5.41, 5.74) is 1.39. The number of amides is 1. The summed E-state index contributed by atoms with van der Waals surface area (Å²) in [5, 5.41) is 14.5. The van der Waals surface area contributed by atoms with E-state index in [0.29, 0.717) is 12.1 Å². The van der Waals surface area contributed by atoms with E-state index < -0.39 is 0 Å². The Morgan fingerprint density at radius 1 is 1.10 bits per heavy atom. The molecule has 0 aliphatic heterocycles. The van der Waals surface area contributed by atoms with Crippen molar-refractivity contribution >= 4 is 16.7 Å². The molecule has 3 aromatic rings. The highest BCUT2D eigenvalue weighted by molar-refractivity contribution is 5.94. The lowest BCUT2D eigenvalue weighted by molar-refractivity contribution is 0.0950. The van der Waals surface area contributed by atoms with Crippen LogP contribution in [0.3, 0.4) is 0 Å². The molecule has 0 saturated carbocycles. The first kappa shape index (κ1) is 13.1. The van der Waals surface area contributed by atoms with Crippen molar-refractivity contribution in [3.63, 3.8) is 0 Å². The molecule has 0 atom stereocenters. The molecular formula is C17H14N2O2. The molecule has 0 aliphatic rings. The van der Waals surface area contributed by atoms with E-state index in [9.17, 15) is 9.90 Å². The maximum Gasteiger partial charge on any atom is 0.253 e. The number of aromatic nitrogens is 1. The van der Waals surface area contributed by atoms with Crippen LogP contribution in [0.15, 0.2) is 60.9 Å². The molecule has 1 heterocycles. The Morgan fingerprint density at radius 3 is 2.76 bits per heavy atom. The fourth-order valence-corrected chi connectivity index (χ4v) is 2.28. The van der Waals surface area contributed by atoms with Gasteiger partial charge in [-0.3, -0.25) is 9.78 Å². The van der Waals surface area contributed by atoms with E-state index >= 15 is 0 Å². The van der Waals surface area contributed by atoms with E-state index in [1.165, 1.54) is 18.5 Å². The smallest absolute Gasteiger partial charge is 0.253 e. The highest BCUT2D eigenvalue weighted by Crippen LogP contribution is 2.18. The van der Waals surface area contributed by atoms with Crippen LogP contribution in [0.4, 0.5) is 0 Å². The lowest BCUT2D eigenvalue weighted by Crippen LogP contribution is -2.22. The molecule has 4 heteroatoms. The van der Waals surface area contributed by atoms with Crippen LogP contribution in [0.1, 0.15) is 15.9 Å². The predicted molar refractivity (Wildman–Crippen MR) is 81.0 cm³/mol. The number of fused-ring (bicyclic) bond motifs is 1. The van der Waals surface area contributed by atoms with Crippen molar-refractivity contribution in [2.24, 2.45) is 0 Å². The highest BCUT2D eigenvalue weighted by Gasteiger charge is 2.07. The molecular weight excluding hydrogens is 264 g/mol. The molecule has 3 rings (SSSR count). The van der Waals surface area contributed by atoms with E-state index in [-0.39, 0.29) is 11.7 Å². The molecule has 0 bridgehead atoms. The third-order valence-corrected chi connectivity index (χ3v) is 3.31. The van der Waals surface area contributed by atoms with Crippen molar-refractivity contribution in [3.05, 3.63) is 72.1 Å². The summed E-state index contributed by atoms with van der Waals surface area (Å²) in [6, 6.07) is 15.4. The predicted octanol–water partition coefficient (Wildman–Crippen LogP) is 2.87. The minimum absolute atomic E-state index is 0.0205. The van der Waals surface area contributed by atoms with Gasteiger partial charge < -0.3 is 10.4 Å². The van der Waals surface area contributed by atoms with E-state index in [2.05, 4.69) is 10.3 Å². The largest absolute Gasteiger partial charge is 0.506 e. The Labute approximate surface area is 122 Å². The Bertz CT molecular complexity index is 794. The third kappa shape index (κ3) is 2.84. The maximum absolute atomic E-state index is 12.0. The van der Waals surface area contributed by atoms with Gasteiger partial charge >= 0.3 is 0 Å². The van der Waals surface area contributed by atoms with E-state index in [1.807, 2.05) is 42.5 Å². The van der Waals surface area contributed by atoms with Crippen molar-refractivity contribution in [1.82, 2.24) is 10.3 Å². The normalized spacial score (nSPS) is 10.5. The lowest BCUT2D eigenvalue weighted by atomic mass is 10.0. The minimum atomic E-state index is -0.258. The van der Waals surface area contributed by atoms with Gasteiger partial charge in [0.05, 0.1) is 11.8 Å². The standard InChI is InChI=1S/C17H14N2O2/c20-15-8-14(9-18-11-15)17(21)19-10-13-6-3-5-12-4-1-2-7-16(12)13/h1-9,11,20H,10H2,(H,19,21). The monoisotopic (exact) mass is 278 g/mol. The molecule has 2 aromatic carbocycles. The number of carbonyl (C=O) groups excluding carboxylic acids is 1. The van der Waals surface area contributed by atoms with Gasteiger partial charge in [0, 0.05) is 12.7 Å². The van der Waals surface area contributed by atoms with E-state index in [1.54, 1.807) is 0 Å². The number of pyridine rings is 1. The Kier molecular flexibility index (Phi) is 3.51. The van der Waals surface area contributed by atoms with Gasteiger partial charge in [0.2, 0.25) is 0 Å². The van der Waals surface area contributed by atoms with Crippen molar-refractivity contribution in [1.29, 1.82) is 0 Å². The van der Waals surface area contributed by atoms with Crippen LogP contribution in [0.25, 0.3) is 10.8 Å². The van der Waals surface area contributed by atoms with Gasteiger partial charge in [0.15, 0.2) is 0 Å². The van der Waals surface area contributed by atoms with Gasteiger partial charge in [0.25, 0.3) is 5.91 Å². The van der Waals surface area contributed by atoms with E-state index in [0.717, 1.165) is 16.3 Å². The second-order valence-electron chi connectivity index (χ2n) is 4.75. The molecule has 0 spiro atoms. The summed E-state index contributed by atoms with van der Waals surface area (Å²) in [5.74, 6) is -0.279. The highest BCUT2D eigenvalue weighted by atomic mass is 16.3. The molecule has 0 radical (unpaired) electrons. The van der Waals surface area contributed by atoms with Crippen molar-refractivity contribution in [2.45, 2.75) is 6.54 Å². The molecule has 4 nitrogen and oxygen atoms in total. The van der Waals surface area contributed by atoms with Gasteiger partial charge in [-0.25, -0.2) is 0 Å². The molecule has 1 amide bonds. The topological polar surface area (TPSA) is 62.2 Å². The minimum Gasteiger partial charge on any atom is -0.506 e. The molecule has 2 N–H and O–H groups in total. The van der Waals surface area contributed by atoms with Crippen LogP contribution in [0, 0.1) is 0 Å². The Morgan fingerprint density at radius 2 is 1.90 bits per heavy atom. The van der Waals surface area contributed by atoms with Crippen molar-refractivity contribution in [2.75, 3.05) is 0 Å². The first-order valence-electron chi connectivity index (χ1n) is 6.63. The fraction of sp³-hybridized carbons (Fsp3) is 0.0588. The van der Waals surface area contributed by atoms with Gasteiger partial charge in [-0.2, -0.15) is 0 Å². The Hall–Kier alpha value is -2.88. The van der Waals surface area contributed by atoms with Gasteiger partial charge in [-0.05, 0) is 22.4 Å². The third-order valence-electron chi connectivity index (χ3n) is 3.31. The number of aromatic hydroxyl groups is 1. The Balaban J connectivity index is 1.79. The molecule has 1 aromatic heterocycles. The van der Waals surface area contributed by atoms with Gasteiger partial charge in [-0.15, -0.1) is 0 Å². The van der Waals surface area contributed by atoms with Crippen LogP contribution in [0.5, 0.6) is 5.75 Å². The number of benzene rings is 2. The fourth-order valence-electron chi connectivity index (χ4n) is 2.28. The molecule has 0 fully saturated rings. The molecule has 0 aliphatic carbocycles. The first-order valence-corrected chi connectivity index (χ1v) is 6.63.